The molecule has 1 aromatic carbocycles. The van der Waals surface area contributed by atoms with Crippen molar-refractivity contribution in [2.45, 2.75) is 58.3 Å². The predicted molar refractivity (Wildman–Crippen MR) is 138 cm³/mol. The van der Waals surface area contributed by atoms with Crippen LogP contribution in [0.3, 0.4) is 0 Å². The number of phenolic OH excluding ortho intramolecular Hbond substituents is 1. The van der Waals surface area contributed by atoms with E-state index in [0.29, 0.717) is 22.0 Å². The van der Waals surface area contributed by atoms with Crippen molar-refractivity contribution >= 4 is 29.1 Å². The lowest BCUT2D eigenvalue weighted by atomic mass is 9.39. The molecule has 7 N–H and O–H groups in total. The number of nitrogens with two attached hydrogens (primary N) is 1. The molecule has 204 valence electrons. The fraction of sp³-hybridized carbons (Fsp3) is 0.536. The van der Waals surface area contributed by atoms with Gasteiger partial charge in [-0.15, -0.1) is 0 Å². The number of Topliss-reactive ketones (excluding diaryl/α,β-unsaturated/α-hetero) is 2. The van der Waals surface area contributed by atoms with Crippen LogP contribution in [0.15, 0.2) is 24.3 Å². The number of benzene rings is 1. The van der Waals surface area contributed by atoms with E-state index in [9.17, 15) is 34.8 Å². The topological polar surface area (TPSA) is 174 Å². The van der Waals surface area contributed by atoms with Crippen LogP contribution in [-0.4, -0.2) is 60.7 Å². The van der Waals surface area contributed by atoms with Gasteiger partial charge < -0.3 is 31.1 Å². The minimum Gasteiger partial charge on any atom is -0.506 e. The number of aromatic amines is 1. The molecular formula is C28H33ClN2O7. The Balaban J connectivity index is 1.69. The number of aromatic hydroxyl groups is 1. The summed E-state index contributed by atoms with van der Waals surface area (Å²) in [6.07, 6.45) is -2.98. The minimum absolute atomic E-state index is 0.0112. The molecule has 0 radical (unpaired) electrons. The maximum Gasteiger partial charge on any atom is 0.230 e. The van der Waals surface area contributed by atoms with E-state index >= 15 is 0 Å². The third kappa shape index (κ3) is 3.25. The van der Waals surface area contributed by atoms with Crippen LogP contribution in [0.4, 0.5) is 0 Å². The van der Waals surface area contributed by atoms with Crippen molar-refractivity contribution in [3.63, 3.8) is 0 Å². The summed E-state index contributed by atoms with van der Waals surface area (Å²) >= 11 is 6.00. The van der Waals surface area contributed by atoms with Crippen LogP contribution in [0.5, 0.6) is 5.75 Å². The number of H-pyrrole nitrogens is 1. The predicted octanol–water partition coefficient (Wildman–Crippen LogP) is 2.22. The lowest BCUT2D eigenvalue weighted by Gasteiger charge is -2.66. The Kier molecular flexibility index (Phi) is 5.93. The highest BCUT2D eigenvalue weighted by atomic mass is 35.5. The fourth-order valence-corrected chi connectivity index (χ4v) is 8.43. The van der Waals surface area contributed by atoms with E-state index in [2.05, 4.69) is 4.98 Å². The lowest BCUT2D eigenvalue weighted by Crippen LogP contribution is -2.79. The Morgan fingerprint density at radius 1 is 1.16 bits per heavy atom. The average molecular weight is 545 g/mol. The van der Waals surface area contributed by atoms with E-state index < -0.39 is 63.9 Å². The number of primary amides is 1. The van der Waals surface area contributed by atoms with Crippen LogP contribution in [-0.2, 0) is 16.0 Å². The SMILES string of the molecule is CC(C)[C@H]1C(O)[C@@H](C(N)=O)C(=O)[C@]2(O)C(O)[C@H]3C(=O)c4c(ccc(-c5ccc(Cl)[nH]5)c4O)C[C@]3(C)C[C@]12C. The van der Waals surface area contributed by atoms with E-state index in [1.54, 1.807) is 31.2 Å². The molecule has 2 fully saturated rings. The number of hydrogen-bond acceptors (Lipinski definition) is 7. The number of ketones is 2. The summed E-state index contributed by atoms with van der Waals surface area (Å²) < 4.78 is 0. The molecule has 0 bridgehead atoms. The number of amides is 1. The fourth-order valence-electron chi connectivity index (χ4n) is 8.27. The molecule has 8 atom stereocenters. The van der Waals surface area contributed by atoms with E-state index in [0.717, 1.165) is 0 Å². The molecule has 1 heterocycles. The molecular weight excluding hydrogens is 512 g/mol. The van der Waals surface area contributed by atoms with Crippen LogP contribution in [0, 0.1) is 34.5 Å². The first-order chi connectivity index (χ1) is 17.6. The monoisotopic (exact) mass is 544 g/mol. The van der Waals surface area contributed by atoms with Crippen molar-refractivity contribution in [1.82, 2.24) is 4.98 Å². The number of aromatic nitrogens is 1. The van der Waals surface area contributed by atoms with Gasteiger partial charge in [-0.05, 0) is 53.9 Å². The molecule has 3 aliphatic rings. The standard InChI is InChI=1S/C28H33ClN2O7/c1-11(2)18-22(34)17(25(30)37)23(35)28(38)24(36)19-21(33)16-12(9-26(19,3)10-27(18,28)4)5-6-13(20(16)32)14-7-8-15(29)31-14/h5-8,11,17-19,22,24,31-32,34,36,38H,9-10H2,1-4H3,(H2,30,37)/t17-,18+,19-,22?,24?,26-,27-,28+/m1/s1. The second-order valence-electron chi connectivity index (χ2n) is 12.2. The van der Waals surface area contributed by atoms with E-state index in [-0.39, 0.29) is 30.1 Å². The first-order valence-electron chi connectivity index (χ1n) is 12.8. The van der Waals surface area contributed by atoms with Crippen LogP contribution in [0.25, 0.3) is 11.3 Å². The molecule has 0 saturated heterocycles. The highest BCUT2D eigenvalue weighted by molar-refractivity contribution is 6.29. The van der Waals surface area contributed by atoms with E-state index in [4.69, 9.17) is 17.3 Å². The summed E-state index contributed by atoms with van der Waals surface area (Å²) in [6.45, 7) is 7.07. The normalized spacial score (nSPS) is 38.5. The molecule has 0 aliphatic heterocycles. The average Bonchev–Trinajstić information content (AvgIpc) is 3.21. The number of rotatable bonds is 3. The number of fused-ring (bicyclic) bond motifs is 3. The minimum atomic E-state index is -2.53. The largest absolute Gasteiger partial charge is 0.506 e. The van der Waals surface area contributed by atoms with Gasteiger partial charge in [0.05, 0.1) is 23.3 Å². The number of hydrogen-bond donors (Lipinski definition) is 6. The van der Waals surface area contributed by atoms with Crippen molar-refractivity contribution in [2.24, 2.45) is 40.2 Å². The Morgan fingerprint density at radius 3 is 2.37 bits per heavy atom. The van der Waals surface area contributed by atoms with Gasteiger partial charge in [0.2, 0.25) is 5.91 Å². The summed E-state index contributed by atoms with van der Waals surface area (Å²) in [5.41, 5.74) is 2.08. The number of halogens is 1. The van der Waals surface area contributed by atoms with Crippen molar-refractivity contribution in [2.75, 3.05) is 0 Å². The maximum atomic E-state index is 14.1. The Bertz CT molecular complexity index is 1370. The number of phenols is 1. The first-order valence-corrected chi connectivity index (χ1v) is 13.1. The number of aliphatic hydroxyl groups is 3. The molecule has 5 rings (SSSR count). The third-order valence-corrected chi connectivity index (χ3v) is 9.81. The van der Waals surface area contributed by atoms with Crippen LogP contribution < -0.4 is 5.73 Å². The summed E-state index contributed by atoms with van der Waals surface area (Å²) in [4.78, 5) is 43.0. The van der Waals surface area contributed by atoms with Gasteiger partial charge in [-0.25, -0.2) is 0 Å². The highest BCUT2D eigenvalue weighted by Crippen LogP contribution is 2.65. The Morgan fingerprint density at radius 2 is 1.82 bits per heavy atom. The zero-order chi connectivity index (χ0) is 28.1. The van der Waals surface area contributed by atoms with E-state index in [1.165, 1.54) is 0 Å². The molecule has 0 spiro atoms. The molecule has 2 aromatic rings. The second kappa shape index (κ2) is 8.39. The molecule has 2 saturated carbocycles. The van der Waals surface area contributed by atoms with Crippen molar-refractivity contribution in [1.29, 1.82) is 0 Å². The summed E-state index contributed by atoms with van der Waals surface area (Å²) in [7, 11) is 0. The molecule has 38 heavy (non-hydrogen) atoms. The summed E-state index contributed by atoms with van der Waals surface area (Å²) in [5.74, 6) is -7.15. The van der Waals surface area contributed by atoms with Gasteiger partial charge in [0, 0.05) is 11.0 Å². The van der Waals surface area contributed by atoms with Gasteiger partial charge in [0.25, 0.3) is 0 Å². The van der Waals surface area contributed by atoms with Gasteiger partial charge in [-0.2, -0.15) is 0 Å². The van der Waals surface area contributed by atoms with Crippen LogP contribution in [0.1, 0.15) is 50.0 Å². The quantitative estimate of drug-likeness (QED) is 0.321. The number of nitrogens with one attached hydrogen (secondary N) is 1. The lowest BCUT2D eigenvalue weighted by molar-refractivity contribution is -0.265. The van der Waals surface area contributed by atoms with Gasteiger partial charge in [0.15, 0.2) is 17.2 Å². The molecule has 1 aromatic heterocycles. The number of aliphatic hydroxyl groups excluding tert-OH is 2. The van der Waals surface area contributed by atoms with Gasteiger partial charge >= 0.3 is 0 Å². The van der Waals surface area contributed by atoms with Crippen LogP contribution in [0.2, 0.25) is 5.15 Å². The van der Waals surface area contributed by atoms with Gasteiger partial charge in [0.1, 0.15) is 22.9 Å². The number of carbonyl (C=O) groups is 3. The maximum absolute atomic E-state index is 14.1. The van der Waals surface area contributed by atoms with Gasteiger partial charge in [-0.3, -0.25) is 14.4 Å². The molecule has 2 unspecified atom stereocenters. The summed E-state index contributed by atoms with van der Waals surface area (Å²) in [5, 5.41) is 46.6. The Hall–Kier alpha value is -2.72. The van der Waals surface area contributed by atoms with Crippen molar-refractivity contribution < 1.29 is 34.8 Å². The van der Waals surface area contributed by atoms with Crippen LogP contribution >= 0.6 is 11.6 Å². The smallest absolute Gasteiger partial charge is 0.230 e. The second-order valence-corrected chi connectivity index (χ2v) is 12.6. The van der Waals surface area contributed by atoms with Crippen molar-refractivity contribution in [3.05, 3.63) is 40.5 Å². The third-order valence-electron chi connectivity index (χ3n) is 9.59. The van der Waals surface area contributed by atoms with Gasteiger partial charge in [-0.1, -0.05) is 45.4 Å². The van der Waals surface area contributed by atoms with Crippen molar-refractivity contribution in [3.8, 4) is 17.0 Å². The summed E-state index contributed by atoms with van der Waals surface area (Å²) in [6, 6.07) is 6.71. The number of carbonyl (C=O) groups excluding carboxylic acids is 3. The molecule has 1 amide bonds. The zero-order valence-electron chi connectivity index (χ0n) is 21.7. The zero-order valence-corrected chi connectivity index (χ0v) is 22.4. The Labute approximate surface area is 225 Å². The van der Waals surface area contributed by atoms with E-state index in [1.807, 2.05) is 20.8 Å². The molecule has 3 aliphatic carbocycles. The molecule has 9 nitrogen and oxygen atoms in total. The molecule has 10 heteroatoms. The highest BCUT2D eigenvalue weighted by Gasteiger charge is 2.75. The first kappa shape index (κ1) is 26.9.